The average Bonchev–Trinajstić information content (AvgIpc) is 2.85. The summed E-state index contributed by atoms with van der Waals surface area (Å²) in [7, 11) is -4.39. The molecule has 3 aromatic rings. The topological polar surface area (TPSA) is 79.7 Å². The Kier molecular flexibility index (Phi) is 7.77. The molecule has 6 nitrogen and oxygen atoms in total. The van der Waals surface area contributed by atoms with Crippen molar-refractivity contribution >= 4 is 21.5 Å². The van der Waals surface area contributed by atoms with Crippen LogP contribution in [-0.2, 0) is 23.0 Å². The van der Waals surface area contributed by atoms with Gasteiger partial charge in [-0.15, -0.1) is 0 Å². The zero-order valence-corrected chi connectivity index (χ0v) is 21.5. The molecular formula is C28H34N2O4S. The number of aromatic nitrogens is 1. The van der Waals surface area contributed by atoms with E-state index in [9.17, 15) is 13.0 Å². The first kappa shape index (κ1) is 25.2. The van der Waals surface area contributed by atoms with E-state index in [0.29, 0.717) is 22.9 Å². The number of para-hydroxylation sites is 3. The molecule has 0 spiro atoms. The van der Waals surface area contributed by atoms with Crippen molar-refractivity contribution in [2.24, 2.45) is 0 Å². The fourth-order valence-electron chi connectivity index (χ4n) is 4.68. The Balaban J connectivity index is 1.97. The highest BCUT2D eigenvalue weighted by molar-refractivity contribution is 7.86. The second-order valence-corrected chi connectivity index (χ2v) is 10.6. The maximum atomic E-state index is 12.6. The zero-order valence-electron chi connectivity index (χ0n) is 20.7. The van der Waals surface area contributed by atoms with Crippen molar-refractivity contribution in [2.75, 3.05) is 4.90 Å². The summed E-state index contributed by atoms with van der Waals surface area (Å²) in [5, 5.41) is -1.16. The molecule has 0 aliphatic carbocycles. The molecule has 1 N–H and O–H groups in total. The molecule has 0 radical (unpaired) electrons. The maximum Gasteiger partial charge on any atom is 0.286 e. The van der Waals surface area contributed by atoms with E-state index in [1.165, 1.54) is 0 Å². The molecule has 0 amide bonds. The van der Waals surface area contributed by atoms with Crippen molar-refractivity contribution in [2.45, 2.75) is 71.1 Å². The predicted octanol–water partition coefficient (Wildman–Crippen LogP) is 7.30. The number of hydrogen-bond acceptors (Lipinski definition) is 5. The van der Waals surface area contributed by atoms with Crippen molar-refractivity contribution in [1.82, 2.24) is 4.98 Å². The highest BCUT2D eigenvalue weighted by Crippen LogP contribution is 2.52. The maximum absolute atomic E-state index is 12.6. The van der Waals surface area contributed by atoms with Crippen molar-refractivity contribution < 1.29 is 17.7 Å². The Bertz CT molecular complexity index is 1290. The smallest absolute Gasteiger partial charge is 0.286 e. The number of anilines is 2. The van der Waals surface area contributed by atoms with Crippen LogP contribution in [0.1, 0.15) is 64.1 Å². The quantitative estimate of drug-likeness (QED) is 0.298. The molecule has 1 aliphatic rings. The van der Waals surface area contributed by atoms with Gasteiger partial charge in [0.15, 0.2) is 16.9 Å². The highest BCUT2D eigenvalue weighted by atomic mass is 32.2. The van der Waals surface area contributed by atoms with Crippen LogP contribution in [0.15, 0.2) is 54.6 Å². The molecule has 35 heavy (non-hydrogen) atoms. The first-order chi connectivity index (χ1) is 16.9. The first-order valence-electron chi connectivity index (χ1n) is 12.5. The predicted molar refractivity (Wildman–Crippen MR) is 141 cm³/mol. The summed E-state index contributed by atoms with van der Waals surface area (Å²) in [5.41, 5.74) is 5.03. The number of fused-ring (bicyclic) bond motifs is 2. The zero-order chi connectivity index (χ0) is 25.0. The summed E-state index contributed by atoms with van der Waals surface area (Å²) < 4.78 is 41.6. The standard InChI is InChI=1S/C28H34N2O4S/c1-4-7-12-20-18-19-21(13-8-5-2)29-27(20)22-14-11-17-25-28(22)30(26(6-3)35(31,32)33)23-15-9-10-16-24(23)34-25/h9-11,14-19,26H,4-8,12-13H2,1-3H3,(H,31,32,33). The molecule has 1 atom stereocenters. The summed E-state index contributed by atoms with van der Waals surface area (Å²) in [6.07, 6.45) is 6.20. The third-order valence-electron chi connectivity index (χ3n) is 6.44. The van der Waals surface area contributed by atoms with Gasteiger partial charge in [-0.25, -0.2) is 0 Å². The summed E-state index contributed by atoms with van der Waals surface area (Å²) >= 11 is 0. The van der Waals surface area contributed by atoms with E-state index in [-0.39, 0.29) is 6.42 Å². The van der Waals surface area contributed by atoms with Crippen molar-refractivity contribution in [1.29, 1.82) is 0 Å². The summed E-state index contributed by atoms with van der Waals surface area (Å²) in [4.78, 5) is 6.80. The summed E-state index contributed by atoms with van der Waals surface area (Å²) in [6.45, 7) is 6.09. The van der Waals surface area contributed by atoms with Gasteiger partial charge in [-0.2, -0.15) is 8.42 Å². The number of nitrogens with zero attached hydrogens (tertiary/aromatic N) is 2. The van der Waals surface area contributed by atoms with Crippen LogP contribution in [0.2, 0.25) is 0 Å². The van der Waals surface area contributed by atoms with Gasteiger partial charge in [0.2, 0.25) is 0 Å². The van der Waals surface area contributed by atoms with E-state index >= 15 is 0 Å². The fraction of sp³-hybridized carbons (Fsp3) is 0.393. The van der Waals surface area contributed by atoms with E-state index in [0.717, 1.165) is 61.0 Å². The number of rotatable bonds is 10. The van der Waals surface area contributed by atoms with Gasteiger partial charge in [0.25, 0.3) is 10.1 Å². The van der Waals surface area contributed by atoms with Crippen LogP contribution in [0, 0.1) is 0 Å². The molecule has 0 saturated heterocycles. The van der Waals surface area contributed by atoms with E-state index < -0.39 is 15.5 Å². The van der Waals surface area contributed by atoms with Gasteiger partial charge in [0.1, 0.15) is 0 Å². The molecule has 2 heterocycles. The second-order valence-electron chi connectivity index (χ2n) is 8.99. The number of pyridine rings is 1. The minimum absolute atomic E-state index is 0.202. The van der Waals surface area contributed by atoms with Gasteiger partial charge in [-0.1, -0.05) is 63.9 Å². The van der Waals surface area contributed by atoms with Crippen LogP contribution in [0.25, 0.3) is 11.3 Å². The average molecular weight is 495 g/mol. The molecule has 2 aromatic carbocycles. The first-order valence-corrected chi connectivity index (χ1v) is 14.0. The van der Waals surface area contributed by atoms with E-state index in [1.807, 2.05) is 42.5 Å². The molecule has 186 valence electrons. The minimum Gasteiger partial charge on any atom is -0.453 e. The van der Waals surface area contributed by atoms with Crippen molar-refractivity contribution in [3.8, 4) is 22.8 Å². The number of ether oxygens (including phenoxy) is 1. The van der Waals surface area contributed by atoms with Crippen LogP contribution in [-0.4, -0.2) is 23.3 Å². The highest BCUT2D eigenvalue weighted by Gasteiger charge is 2.37. The lowest BCUT2D eigenvalue weighted by Crippen LogP contribution is -2.39. The van der Waals surface area contributed by atoms with Crippen LogP contribution in [0.5, 0.6) is 11.5 Å². The number of benzene rings is 2. The lowest BCUT2D eigenvalue weighted by atomic mass is 9.97. The monoisotopic (exact) mass is 494 g/mol. The molecule has 1 aliphatic heterocycles. The number of hydrogen-bond donors (Lipinski definition) is 1. The van der Waals surface area contributed by atoms with Gasteiger partial charge in [0, 0.05) is 11.3 Å². The lowest BCUT2D eigenvalue weighted by molar-refractivity contribution is 0.452. The van der Waals surface area contributed by atoms with Crippen molar-refractivity contribution in [3.63, 3.8) is 0 Å². The second kappa shape index (κ2) is 10.8. The van der Waals surface area contributed by atoms with E-state index in [2.05, 4.69) is 26.0 Å². The lowest BCUT2D eigenvalue weighted by Gasteiger charge is -2.38. The van der Waals surface area contributed by atoms with Gasteiger partial charge >= 0.3 is 0 Å². The Hall–Kier alpha value is -2.90. The Labute approximate surface area is 208 Å². The van der Waals surface area contributed by atoms with Gasteiger partial charge in [-0.05, 0) is 61.9 Å². The normalized spacial score (nSPS) is 13.7. The molecule has 0 saturated carbocycles. The minimum atomic E-state index is -4.39. The van der Waals surface area contributed by atoms with Gasteiger partial charge in [-0.3, -0.25) is 9.54 Å². The van der Waals surface area contributed by atoms with Crippen LogP contribution < -0.4 is 9.64 Å². The Morgan fingerprint density at radius 2 is 1.63 bits per heavy atom. The van der Waals surface area contributed by atoms with E-state index in [4.69, 9.17) is 9.72 Å². The summed E-state index contributed by atoms with van der Waals surface area (Å²) in [5.74, 6) is 1.10. The van der Waals surface area contributed by atoms with Crippen LogP contribution in [0.3, 0.4) is 0 Å². The Morgan fingerprint density at radius 3 is 2.34 bits per heavy atom. The SMILES string of the molecule is CCCCc1ccc(CCCC)c(-c2cccc3c2N(C(CC)S(=O)(=O)O)c2ccccc2O3)n1. The molecule has 0 bridgehead atoms. The largest absolute Gasteiger partial charge is 0.453 e. The molecule has 0 fully saturated rings. The number of aryl methyl sites for hydroxylation is 2. The van der Waals surface area contributed by atoms with Gasteiger partial charge < -0.3 is 9.64 Å². The molecular weight excluding hydrogens is 460 g/mol. The number of unbranched alkanes of at least 4 members (excludes halogenated alkanes) is 2. The third kappa shape index (κ3) is 5.21. The Morgan fingerprint density at radius 1 is 0.914 bits per heavy atom. The molecule has 1 aromatic heterocycles. The third-order valence-corrected chi connectivity index (χ3v) is 7.68. The molecule has 7 heteroatoms. The van der Waals surface area contributed by atoms with Crippen LogP contribution >= 0.6 is 0 Å². The fourth-order valence-corrected chi connectivity index (χ4v) is 5.59. The summed E-state index contributed by atoms with van der Waals surface area (Å²) in [6, 6.07) is 17.3. The van der Waals surface area contributed by atoms with Crippen LogP contribution in [0.4, 0.5) is 11.4 Å². The molecule has 1 unspecified atom stereocenters. The molecule has 4 rings (SSSR count). The van der Waals surface area contributed by atoms with Crippen molar-refractivity contribution in [3.05, 3.63) is 65.9 Å². The van der Waals surface area contributed by atoms with E-state index in [1.54, 1.807) is 11.8 Å². The van der Waals surface area contributed by atoms with Gasteiger partial charge in [0.05, 0.1) is 17.1 Å².